The fourth-order valence-electron chi connectivity index (χ4n) is 1.68. The minimum absolute atomic E-state index is 0.0292. The lowest BCUT2D eigenvalue weighted by atomic mass is 10.0. The molecule has 0 aliphatic rings. The van der Waals surface area contributed by atoms with Crippen molar-refractivity contribution in [3.63, 3.8) is 0 Å². The molecule has 1 aromatic rings. The first kappa shape index (κ1) is 15.5. The lowest BCUT2D eigenvalue weighted by Gasteiger charge is -2.15. The van der Waals surface area contributed by atoms with E-state index in [0.29, 0.717) is 11.4 Å². The van der Waals surface area contributed by atoms with Crippen LogP contribution in [-0.4, -0.2) is 31.1 Å². The summed E-state index contributed by atoms with van der Waals surface area (Å²) in [5.41, 5.74) is 0.910. The van der Waals surface area contributed by atoms with Crippen LogP contribution in [0.5, 0.6) is 0 Å². The molecule has 0 spiro atoms. The summed E-state index contributed by atoms with van der Waals surface area (Å²) in [5.74, 6) is -0.645. The number of hydrogen-bond donors (Lipinski definition) is 1. The van der Waals surface area contributed by atoms with Crippen molar-refractivity contribution >= 4 is 23.3 Å². The number of rotatable bonds is 6. The highest BCUT2D eigenvalue weighted by Gasteiger charge is 2.17. The molecule has 1 rings (SSSR count). The number of carbonyl (C=O) groups excluding carboxylic acids is 1. The first-order valence-corrected chi connectivity index (χ1v) is 6.07. The predicted molar refractivity (Wildman–Crippen MR) is 71.7 cm³/mol. The number of nitrogens with zero attached hydrogens (tertiary/aromatic N) is 1. The average Bonchev–Trinajstić information content (AvgIpc) is 2.44. The van der Waals surface area contributed by atoms with Crippen molar-refractivity contribution in [1.82, 2.24) is 0 Å². The van der Waals surface area contributed by atoms with E-state index in [0.717, 1.165) is 5.56 Å². The van der Waals surface area contributed by atoms with Gasteiger partial charge >= 0.3 is 5.97 Å². The first-order valence-electron chi connectivity index (χ1n) is 5.69. The van der Waals surface area contributed by atoms with Gasteiger partial charge in [0.15, 0.2) is 5.71 Å². The molecule has 0 aromatic heterocycles. The van der Waals surface area contributed by atoms with Gasteiger partial charge in [-0.15, -0.1) is 0 Å². The van der Waals surface area contributed by atoms with E-state index in [9.17, 15) is 4.79 Å². The molecule has 0 aliphatic heterocycles. The Morgan fingerprint density at radius 3 is 2.47 bits per heavy atom. The van der Waals surface area contributed by atoms with Crippen LogP contribution in [0.15, 0.2) is 29.4 Å². The zero-order valence-electron chi connectivity index (χ0n) is 10.8. The lowest BCUT2D eigenvalue weighted by molar-refractivity contribution is -0.133. The topological polar surface area (TPSA) is 68.1 Å². The zero-order chi connectivity index (χ0) is 14.3. The van der Waals surface area contributed by atoms with Gasteiger partial charge in [-0.05, 0) is 24.1 Å². The Kier molecular flexibility index (Phi) is 6.32. The monoisotopic (exact) mass is 285 g/mol. The summed E-state index contributed by atoms with van der Waals surface area (Å²) in [5, 5.41) is 12.3. The minimum atomic E-state index is -0.645. The Bertz CT molecular complexity index is 444. The SMILES string of the molecule is COC(=O)C(CCC(OC)c1ccc(Cl)cc1)=NO. The van der Waals surface area contributed by atoms with E-state index in [1.807, 2.05) is 12.1 Å². The Balaban J connectivity index is 2.67. The third-order valence-corrected chi connectivity index (χ3v) is 2.96. The number of ether oxygens (including phenoxy) is 2. The molecule has 1 N–H and O–H groups in total. The molecule has 104 valence electrons. The van der Waals surface area contributed by atoms with Gasteiger partial charge in [-0.3, -0.25) is 0 Å². The summed E-state index contributed by atoms with van der Waals surface area (Å²) in [6, 6.07) is 7.24. The molecule has 6 heteroatoms. The molecular formula is C13H16ClNO4. The second-order valence-corrected chi connectivity index (χ2v) is 4.29. The quantitative estimate of drug-likeness (QED) is 0.378. The van der Waals surface area contributed by atoms with Crippen LogP contribution in [-0.2, 0) is 14.3 Å². The van der Waals surface area contributed by atoms with Crippen LogP contribution in [0.3, 0.4) is 0 Å². The van der Waals surface area contributed by atoms with Crippen molar-refractivity contribution in [2.45, 2.75) is 18.9 Å². The van der Waals surface area contributed by atoms with Crippen molar-refractivity contribution in [2.75, 3.05) is 14.2 Å². The maximum Gasteiger partial charge on any atom is 0.355 e. The van der Waals surface area contributed by atoms with Crippen LogP contribution in [0.1, 0.15) is 24.5 Å². The van der Waals surface area contributed by atoms with E-state index >= 15 is 0 Å². The van der Waals surface area contributed by atoms with Gasteiger partial charge < -0.3 is 14.7 Å². The van der Waals surface area contributed by atoms with E-state index in [1.54, 1.807) is 19.2 Å². The van der Waals surface area contributed by atoms with Crippen LogP contribution in [0, 0.1) is 0 Å². The molecule has 0 fully saturated rings. The van der Waals surface area contributed by atoms with Gasteiger partial charge in [-0.25, -0.2) is 4.79 Å². The van der Waals surface area contributed by atoms with Crippen LogP contribution >= 0.6 is 11.6 Å². The number of esters is 1. The lowest BCUT2D eigenvalue weighted by Crippen LogP contribution is -2.17. The molecule has 0 heterocycles. The number of methoxy groups -OCH3 is 2. The molecule has 5 nitrogen and oxygen atoms in total. The average molecular weight is 286 g/mol. The van der Waals surface area contributed by atoms with Crippen LogP contribution < -0.4 is 0 Å². The van der Waals surface area contributed by atoms with E-state index < -0.39 is 5.97 Å². The molecular weight excluding hydrogens is 270 g/mol. The second kappa shape index (κ2) is 7.76. The second-order valence-electron chi connectivity index (χ2n) is 3.85. The Labute approximate surface area is 116 Å². The standard InChI is InChI=1S/C13H16ClNO4/c1-18-12(9-3-5-10(14)6-4-9)8-7-11(15-17)13(16)19-2/h3-6,12,17H,7-8H2,1-2H3. The van der Waals surface area contributed by atoms with Crippen LogP contribution in [0.2, 0.25) is 5.02 Å². The summed E-state index contributed by atoms with van der Waals surface area (Å²) >= 11 is 5.82. The predicted octanol–water partition coefficient (Wildman–Crippen LogP) is 2.81. The van der Waals surface area contributed by atoms with Crippen molar-refractivity contribution in [3.05, 3.63) is 34.9 Å². The fraction of sp³-hybridized carbons (Fsp3) is 0.385. The van der Waals surface area contributed by atoms with Crippen molar-refractivity contribution < 1.29 is 19.5 Å². The molecule has 0 amide bonds. The van der Waals surface area contributed by atoms with E-state index in [1.165, 1.54) is 7.11 Å². The Hall–Kier alpha value is -1.59. The van der Waals surface area contributed by atoms with Crippen molar-refractivity contribution in [3.8, 4) is 0 Å². The smallest absolute Gasteiger partial charge is 0.355 e. The van der Waals surface area contributed by atoms with E-state index in [4.69, 9.17) is 21.5 Å². The molecule has 0 aliphatic carbocycles. The summed E-state index contributed by atoms with van der Waals surface area (Å²) in [4.78, 5) is 11.3. The molecule has 19 heavy (non-hydrogen) atoms. The molecule has 0 bridgehead atoms. The summed E-state index contributed by atoms with van der Waals surface area (Å²) < 4.78 is 9.86. The number of oxime groups is 1. The first-order chi connectivity index (χ1) is 9.12. The van der Waals surface area contributed by atoms with Crippen molar-refractivity contribution in [1.29, 1.82) is 0 Å². The van der Waals surface area contributed by atoms with Gasteiger partial charge in [0.05, 0.1) is 13.2 Å². The molecule has 1 aromatic carbocycles. The van der Waals surface area contributed by atoms with Gasteiger partial charge in [0, 0.05) is 18.6 Å². The number of benzene rings is 1. The summed E-state index contributed by atoms with van der Waals surface area (Å²) in [7, 11) is 2.81. The number of hydrogen-bond acceptors (Lipinski definition) is 5. The normalized spacial score (nSPS) is 13.1. The van der Waals surface area contributed by atoms with E-state index in [2.05, 4.69) is 9.89 Å². The molecule has 1 unspecified atom stereocenters. The zero-order valence-corrected chi connectivity index (χ0v) is 11.6. The van der Waals surface area contributed by atoms with Gasteiger partial charge in [0.25, 0.3) is 0 Å². The summed E-state index contributed by atoms with van der Waals surface area (Å²) in [6.07, 6.45) is 0.537. The van der Waals surface area contributed by atoms with Gasteiger partial charge in [0.2, 0.25) is 0 Å². The summed E-state index contributed by atoms with van der Waals surface area (Å²) in [6.45, 7) is 0. The largest absolute Gasteiger partial charge is 0.464 e. The number of carbonyl (C=O) groups is 1. The van der Waals surface area contributed by atoms with Gasteiger partial charge in [-0.1, -0.05) is 28.9 Å². The van der Waals surface area contributed by atoms with Crippen molar-refractivity contribution in [2.24, 2.45) is 5.16 Å². The third kappa shape index (κ3) is 4.54. The highest BCUT2D eigenvalue weighted by molar-refractivity contribution is 6.36. The molecule has 0 radical (unpaired) electrons. The molecule has 0 saturated carbocycles. The highest BCUT2D eigenvalue weighted by atomic mass is 35.5. The number of halogens is 1. The Morgan fingerprint density at radius 1 is 1.37 bits per heavy atom. The minimum Gasteiger partial charge on any atom is -0.464 e. The maximum absolute atomic E-state index is 11.3. The van der Waals surface area contributed by atoms with Crippen LogP contribution in [0.25, 0.3) is 0 Å². The molecule has 1 atom stereocenters. The third-order valence-electron chi connectivity index (χ3n) is 2.71. The van der Waals surface area contributed by atoms with E-state index in [-0.39, 0.29) is 18.2 Å². The Morgan fingerprint density at radius 2 is 2.00 bits per heavy atom. The molecule has 0 saturated heterocycles. The van der Waals surface area contributed by atoms with Gasteiger partial charge in [-0.2, -0.15) is 0 Å². The highest BCUT2D eigenvalue weighted by Crippen LogP contribution is 2.23. The van der Waals surface area contributed by atoms with Crippen LogP contribution in [0.4, 0.5) is 0 Å². The fourth-order valence-corrected chi connectivity index (χ4v) is 1.80. The maximum atomic E-state index is 11.3. The van der Waals surface area contributed by atoms with Gasteiger partial charge in [0.1, 0.15) is 0 Å².